The molecule has 36 heavy (non-hydrogen) atoms. The number of carbonyl (C=O) groups is 3. The second-order valence-corrected chi connectivity index (χ2v) is 9.57. The fourth-order valence-corrected chi connectivity index (χ4v) is 4.81. The van der Waals surface area contributed by atoms with Crippen LogP contribution in [0, 0.1) is 0 Å². The number of nitrogens with one attached hydrogen (secondary N) is 2. The van der Waals surface area contributed by atoms with Gasteiger partial charge in [0.2, 0.25) is 11.8 Å². The third-order valence-corrected chi connectivity index (χ3v) is 6.88. The lowest BCUT2D eigenvalue weighted by atomic mass is 9.99. The van der Waals surface area contributed by atoms with E-state index in [4.69, 9.17) is 0 Å². The van der Waals surface area contributed by atoms with Crippen LogP contribution >= 0.6 is 11.8 Å². The molecule has 186 valence electrons. The number of fused-ring (bicyclic) bond motifs is 1. The minimum absolute atomic E-state index is 0.0221. The summed E-state index contributed by atoms with van der Waals surface area (Å²) in [6, 6.07) is 25.2. The molecule has 3 aromatic carbocycles. The zero-order valence-electron chi connectivity index (χ0n) is 20.1. The van der Waals surface area contributed by atoms with Gasteiger partial charge in [-0.2, -0.15) is 11.8 Å². The number of anilines is 3. The first-order chi connectivity index (χ1) is 17.5. The molecule has 0 saturated heterocycles. The largest absolute Gasteiger partial charge is 0.469 e. The molecule has 1 heterocycles. The summed E-state index contributed by atoms with van der Waals surface area (Å²) in [5, 5.41) is 5.94. The van der Waals surface area contributed by atoms with Crippen molar-refractivity contribution in [3.05, 3.63) is 90.0 Å². The number of hydrogen-bond acceptors (Lipinski definition) is 6. The normalized spacial score (nSPS) is 14.5. The van der Waals surface area contributed by atoms with E-state index in [9.17, 15) is 14.4 Å². The number of thioether (sulfide) groups is 1. The molecule has 3 aromatic rings. The zero-order chi connectivity index (χ0) is 25.3. The second kappa shape index (κ2) is 12.3. The van der Waals surface area contributed by atoms with Gasteiger partial charge in [-0.25, -0.2) is 0 Å². The number of nitrogens with zero attached hydrogens (tertiary/aromatic N) is 1. The van der Waals surface area contributed by atoms with Crippen molar-refractivity contribution in [2.45, 2.75) is 25.4 Å². The molecular weight excluding hydrogens is 474 g/mol. The molecule has 0 aromatic heterocycles. The Labute approximate surface area is 215 Å². The van der Waals surface area contributed by atoms with Crippen molar-refractivity contribution in [2.24, 2.45) is 0 Å². The molecule has 0 radical (unpaired) electrons. The van der Waals surface area contributed by atoms with Crippen molar-refractivity contribution in [1.29, 1.82) is 0 Å². The average molecular weight is 504 g/mol. The molecule has 0 bridgehead atoms. The molecule has 0 aliphatic carbocycles. The summed E-state index contributed by atoms with van der Waals surface area (Å²) in [5.41, 5.74) is 4.63. The highest BCUT2D eigenvalue weighted by Crippen LogP contribution is 2.34. The van der Waals surface area contributed by atoms with Gasteiger partial charge < -0.3 is 20.3 Å². The summed E-state index contributed by atoms with van der Waals surface area (Å²) in [5.74, 6) is 0.375. The lowest BCUT2D eigenvalue weighted by Crippen LogP contribution is -2.49. The number of ether oxygens (including phenoxy) is 1. The van der Waals surface area contributed by atoms with Crippen LogP contribution in [0.15, 0.2) is 78.9 Å². The number of rotatable bonds is 10. The Morgan fingerprint density at radius 2 is 1.69 bits per heavy atom. The highest BCUT2D eigenvalue weighted by atomic mass is 32.2. The van der Waals surface area contributed by atoms with Gasteiger partial charge in [0.15, 0.2) is 0 Å². The van der Waals surface area contributed by atoms with Crippen molar-refractivity contribution in [1.82, 2.24) is 0 Å². The molecule has 4 rings (SSSR count). The second-order valence-electron chi connectivity index (χ2n) is 8.46. The molecule has 0 fully saturated rings. The number of hydrogen-bond donors (Lipinski definition) is 2. The van der Waals surface area contributed by atoms with Crippen molar-refractivity contribution >= 4 is 46.6 Å². The Bertz CT molecular complexity index is 1200. The lowest BCUT2D eigenvalue weighted by molar-refractivity contribution is -0.140. The number of esters is 1. The van der Waals surface area contributed by atoms with Crippen LogP contribution in [0.5, 0.6) is 0 Å². The van der Waals surface area contributed by atoms with Gasteiger partial charge in [-0.15, -0.1) is 0 Å². The molecule has 2 amide bonds. The van der Waals surface area contributed by atoms with Gasteiger partial charge in [-0.05, 0) is 35.4 Å². The maximum absolute atomic E-state index is 13.1. The first kappa shape index (κ1) is 25.3. The van der Waals surface area contributed by atoms with Gasteiger partial charge in [-0.3, -0.25) is 14.4 Å². The van der Waals surface area contributed by atoms with Gasteiger partial charge in [0.05, 0.1) is 30.7 Å². The van der Waals surface area contributed by atoms with Gasteiger partial charge in [0.25, 0.3) is 0 Å². The molecule has 0 spiro atoms. The Hall–Kier alpha value is -3.78. The highest BCUT2D eigenvalue weighted by Gasteiger charge is 2.32. The predicted octanol–water partition coefficient (Wildman–Crippen LogP) is 4.49. The van der Waals surface area contributed by atoms with Crippen LogP contribution in [0.4, 0.5) is 17.1 Å². The first-order valence-electron chi connectivity index (χ1n) is 11.8. The van der Waals surface area contributed by atoms with E-state index in [1.165, 1.54) is 18.9 Å². The minimum atomic E-state index is -0.344. The smallest absolute Gasteiger partial charge is 0.306 e. The maximum Gasteiger partial charge on any atom is 0.306 e. The van der Waals surface area contributed by atoms with Crippen molar-refractivity contribution < 1.29 is 19.1 Å². The van der Waals surface area contributed by atoms with E-state index in [1.807, 2.05) is 78.9 Å². The fraction of sp³-hybridized carbons (Fsp3) is 0.250. The lowest BCUT2D eigenvalue weighted by Gasteiger charge is -2.38. The van der Waals surface area contributed by atoms with E-state index in [1.54, 1.807) is 0 Å². The molecular formula is C28H29N3O4S. The fourth-order valence-electron chi connectivity index (χ4n) is 4.10. The topological polar surface area (TPSA) is 87.7 Å². The SMILES string of the molecule is COC(=O)CCSCC(=O)Nc1ccc(CN2c3ccccc3NC(=O)C2Cc2ccccc2)cc1. The number of amides is 2. The summed E-state index contributed by atoms with van der Waals surface area (Å²) in [4.78, 5) is 38.6. The van der Waals surface area contributed by atoms with Gasteiger partial charge in [-0.1, -0.05) is 54.6 Å². The number of carbonyl (C=O) groups excluding carboxylic acids is 3. The third-order valence-electron chi connectivity index (χ3n) is 5.92. The Morgan fingerprint density at radius 1 is 0.972 bits per heavy atom. The number of benzene rings is 3. The van der Waals surface area contributed by atoms with Crippen LogP contribution in [0.2, 0.25) is 0 Å². The predicted molar refractivity (Wildman–Crippen MR) is 144 cm³/mol. The summed E-state index contributed by atoms with van der Waals surface area (Å²) < 4.78 is 4.60. The van der Waals surface area contributed by atoms with Crippen molar-refractivity contribution in [2.75, 3.05) is 34.1 Å². The van der Waals surface area contributed by atoms with E-state index in [2.05, 4.69) is 20.3 Å². The van der Waals surface area contributed by atoms with Crippen LogP contribution in [0.25, 0.3) is 0 Å². The Balaban J connectivity index is 1.42. The van der Waals surface area contributed by atoms with E-state index in [0.717, 1.165) is 22.5 Å². The molecule has 2 N–H and O–H groups in total. The van der Waals surface area contributed by atoms with Crippen LogP contribution in [0.1, 0.15) is 17.5 Å². The summed E-state index contributed by atoms with van der Waals surface area (Å²) in [6.45, 7) is 0.555. The Kier molecular flexibility index (Phi) is 8.62. The van der Waals surface area contributed by atoms with E-state index in [-0.39, 0.29) is 36.0 Å². The number of methoxy groups -OCH3 is 1. The summed E-state index contributed by atoms with van der Waals surface area (Å²) in [7, 11) is 1.35. The molecule has 1 unspecified atom stereocenters. The Morgan fingerprint density at radius 3 is 2.44 bits per heavy atom. The molecule has 1 aliphatic rings. The van der Waals surface area contributed by atoms with E-state index < -0.39 is 0 Å². The average Bonchev–Trinajstić information content (AvgIpc) is 2.90. The molecule has 8 heteroatoms. The standard InChI is InChI=1S/C28H29N3O4S/c1-35-27(33)15-16-36-19-26(32)29-22-13-11-21(12-14-22)18-31-24-10-6-5-9-23(24)30-28(34)25(31)17-20-7-3-2-4-8-20/h2-14,25H,15-19H2,1H3,(H,29,32)(H,30,34). The highest BCUT2D eigenvalue weighted by molar-refractivity contribution is 7.99. The van der Waals surface area contributed by atoms with E-state index in [0.29, 0.717) is 24.4 Å². The summed E-state index contributed by atoms with van der Waals surface area (Å²) >= 11 is 1.39. The molecule has 1 atom stereocenters. The van der Waals surface area contributed by atoms with Gasteiger partial charge in [0.1, 0.15) is 6.04 Å². The van der Waals surface area contributed by atoms with Crippen LogP contribution in [-0.4, -0.2) is 42.4 Å². The maximum atomic E-state index is 13.1. The quantitative estimate of drug-likeness (QED) is 0.313. The van der Waals surface area contributed by atoms with E-state index >= 15 is 0 Å². The molecule has 1 aliphatic heterocycles. The first-order valence-corrected chi connectivity index (χ1v) is 12.9. The van der Waals surface area contributed by atoms with Gasteiger partial charge in [0, 0.05) is 24.4 Å². The van der Waals surface area contributed by atoms with Crippen LogP contribution in [-0.2, 0) is 32.1 Å². The number of para-hydroxylation sites is 2. The molecule has 7 nitrogen and oxygen atoms in total. The minimum Gasteiger partial charge on any atom is -0.469 e. The van der Waals surface area contributed by atoms with Crippen LogP contribution in [0.3, 0.4) is 0 Å². The third kappa shape index (κ3) is 6.66. The molecule has 0 saturated carbocycles. The zero-order valence-corrected chi connectivity index (χ0v) is 20.9. The van der Waals surface area contributed by atoms with Crippen molar-refractivity contribution in [3.63, 3.8) is 0 Å². The monoisotopic (exact) mass is 503 g/mol. The van der Waals surface area contributed by atoms with Gasteiger partial charge >= 0.3 is 5.97 Å². The van der Waals surface area contributed by atoms with Crippen molar-refractivity contribution in [3.8, 4) is 0 Å². The summed E-state index contributed by atoms with van der Waals surface area (Å²) in [6.07, 6.45) is 0.884. The van der Waals surface area contributed by atoms with Crippen LogP contribution < -0.4 is 15.5 Å².